The summed E-state index contributed by atoms with van der Waals surface area (Å²) in [5.74, 6) is -0.280. The van der Waals surface area contributed by atoms with Crippen molar-refractivity contribution < 1.29 is 14.4 Å². The van der Waals surface area contributed by atoms with Gasteiger partial charge < -0.3 is 0 Å². The molecule has 6 rings (SSSR count). The third-order valence-corrected chi connectivity index (χ3v) is 6.20. The van der Waals surface area contributed by atoms with Crippen molar-refractivity contribution in [3.63, 3.8) is 0 Å². The first-order valence-electron chi connectivity index (χ1n) is 8.19. The summed E-state index contributed by atoms with van der Waals surface area (Å²) in [6.07, 6.45) is 5.33. The Morgan fingerprint density at radius 3 is 2.29 bits per heavy atom. The molecule has 24 heavy (non-hydrogen) atoms. The zero-order valence-corrected chi connectivity index (χ0v) is 13.4. The third kappa shape index (κ3) is 1.79. The van der Waals surface area contributed by atoms with Crippen molar-refractivity contribution >= 4 is 29.3 Å². The Morgan fingerprint density at radius 2 is 1.71 bits per heavy atom. The Balaban J connectivity index is 1.41. The van der Waals surface area contributed by atoms with Gasteiger partial charge in [0.25, 0.3) is 17.7 Å². The highest BCUT2D eigenvalue weighted by Crippen LogP contribution is 2.65. The van der Waals surface area contributed by atoms with E-state index in [0.717, 1.165) is 11.4 Å². The molecule has 1 heterocycles. The molecule has 5 nitrogen and oxygen atoms in total. The number of nitrogens with zero attached hydrogens (tertiary/aromatic N) is 1. The van der Waals surface area contributed by atoms with Crippen LogP contribution in [0.25, 0.3) is 0 Å². The number of amides is 3. The maximum Gasteiger partial charge on any atom is 0.270 e. The second-order valence-electron chi connectivity index (χ2n) is 7.12. The van der Waals surface area contributed by atoms with Crippen LogP contribution in [0.3, 0.4) is 0 Å². The molecule has 1 N–H and O–H groups in total. The monoisotopic (exact) mass is 342 g/mol. The Morgan fingerprint density at radius 1 is 1.08 bits per heavy atom. The van der Waals surface area contributed by atoms with E-state index in [4.69, 9.17) is 11.6 Å². The van der Waals surface area contributed by atoms with Crippen LogP contribution in [0.5, 0.6) is 0 Å². The van der Waals surface area contributed by atoms with Gasteiger partial charge in [0, 0.05) is 10.6 Å². The maximum atomic E-state index is 12.8. The minimum absolute atomic E-state index is 0.148. The van der Waals surface area contributed by atoms with Gasteiger partial charge in [0.05, 0.1) is 11.8 Å². The summed E-state index contributed by atoms with van der Waals surface area (Å²) in [6, 6.07) is 6.42. The lowest BCUT2D eigenvalue weighted by molar-refractivity contribution is -0.143. The number of halogens is 1. The van der Waals surface area contributed by atoms with E-state index < -0.39 is 5.91 Å². The van der Waals surface area contributed by atoms with Gasteiger partial charge in [-0.25, -0.2) is 0 Å². The Bertz CT molecular complexity index is 784. The van der Waals surface area contributed by atoms with Crippen LogP contribution in [0.1, 0.15) is 16.8 Å². The van der Waals surface area contributed by atoms with Crippen molar-refractivity contribution in [2.75, 3.05) is 0 Å². The number of benzene rings is 1. The molecule has 2 saturated carbocycles. The van der Waals surface area contributed by atoms with Crippen LogP contribution in [0.2, 0.25) is 5.02 Å². The average molecular weight is 343 g/mol. The first-order chi connectivity index (χ1) is 11.6. The van der Waals surface area contributed by atoms with Crippen LogP contribution >= 0.6 is 11.6 Å². The molecule has 0 spiro atoms. The number of carbonyl (C=O) groups excluding carboxylic acids is 3. The third-order valence-electron chi connectivity index (χ3n) is 5.96. The van der Waals surface area contributed by atoms with Gasteiger partial charge >= 0.3 is 0 Å². The molecule has 5 aliphatic rings. The van der Waals surface area contributed by atoms with Crippen molar-refractivity contribution in [3.8, 4) is 0 Å². The number of allylic oxidation sites excluding steroid dienone is 2. The molecule has 3 amide bonds. The topological polar surface area (TPSA) is 66.5 Å². The minimum Gasteiger partial charge on any atom is -0.272 e. The molecule has 122 valence electrons. The molecule has 1 aromatic carbocycles. The largest absolute Gasteiger partial charge is 0.272 e. The van der Waals surface area contributed by atoms with E-state index in [1.54, 1.807) is 18.2 Å². The van der Waals surface area contributed by atoms with E-state index in [9.17, 15) is 14.4 Å². The van der Waals surface area contributed by atoms with E-state index in [-0.39, 0.29) is 35.5 Å². The van der Waals surface area contributed by atoms with Crippen molar-refractivity contribution in [1.29, 1.82) is 0 Å². The molecule has 6 heteroatoms. The highest BCUT2D eigenvalue weighted by molar-refractivity contribution is 6.31. The lowest BCUT2D eigenvalue weighted by atomic mass is 9.63. The number of imide groups is 1. The van der Waals surface area contributed by atoms with Gasteiger partial charge in [0.1, 0.15) is 0 Å². The molecule has 1 aliphatic heterocycles. The first-order valence-corrected chi connectivity index (χ1v) is 8.57. The molecule has 2 bridgehead atoms. The number of hydrogen-bond acceptors (Lipinski definition) is 3. The summed E-state index contributed by atoms with van der Waals surface area (Å²) >= 11 is 5.89. The van der Waals surface area contributed by atoms with E-state index in [1.165, 1.54) is 6.07 Å². The van der Waals surface area contributed by atoms with Gasteiger partial charge in [-0.15, -0.1) is 0 Å². The van der Waals surface area contributed by atoms with E-state index >= 15 is 0 Å². The van der Waals surface area contributed by atoms with Gasteiger partial charge in [-0.1, -0.05) is 29.8 Å². The Labute approximate surface area is 143 Å². The van der Waals surface area contributed by atoms with E-state index in [2.05, 4.69) is 17.6 Å². The predicted molar refractivity (Wildman–Crippen MR) is 85.5 cm³/mol. The van der Waals surface area contributed by atoms with Crippen LogP contribution in [-0.2, 0) is 9.59 Å². The molecule has 0 radical (unpaired) electrons. The number of hydrazine groups is 1. The fourth-order valence-corrected chi connectivity index (χ4v) is 5.05. The van der Waals surface area contributed by atoms with Gasteiger partial charge in [0.2, 0.25) is 0 Å². The van der Waals surface area contributed by atoms with Gasteiger partial charge in [0.15, 0.2) is 0 Å². The number of hydrogen-bond donors (Lipinski definition) is 1. The SMILES string of the molecule is O=C(NN1C(=O)[C@@H]2C3C=CC(C4CC43)[C@@H]2C1=O)c1cccc(Cl)c1. The number of nitrogens with one attached hydrogen (secondary N) is 1. The molecule has 6 atom stereocenters. The first kappa shape index (κ1) is 14.2. The molecular weight excluding hydrogens is 328 g/mol. The van der Waals surface area contributed by atoms with Crippen molar-refractivity contribution in [2.45, 2.75) is 6.42 Å². The summed E-state index contributed by atoms with van der Waals surface area (Å²) in [5, 5.41) is 1.37. The fourth-order valence-electron chi connectivity index (χ4n) is 4.86. The zero-order valence-electron chi connectivity index (χ0n) is 12.7. The summed E-state index contributed by atoms with van der Waals surface area (Å²) in [7, 11) is 0. The van der Waals surface area contributed by atoms with Gasteiger partial charge in [-0.3, -0.25) is 19.8 Å². The minimum atomic E-state index is -0.497. The predicted octanol–water partition coefficient (Wildman–Crippen LogP) is 2.04. The summed E-state index contributed by atoms with van der Waals surface area (Å²) in [5.41, 5.74) is 2.81. The van der Waals surface area contributed by atoms with Crippen LogP contribution in [0.15, 0.2) is 36.4 Å². The van der Waals surface area contributed by atoms with E-state index in [1.807, 2.05) is 0 Å². The average Bonchev–Trinajstić information content (AvgIpc) is 3.36. The number of rotatable bonds is 2. The van der Waals surface area contributed by atoms with Crippen LogP contribution in [0.4, 0.5) is 0 Å². The summed E-state index contributed by atoms with van der Waals surface area (Å²) in [6.45, 7) is 0. The molecule has 4 aliphatic carbocycles. The molecular formula is C18H15ClN2O3. The Kier molecular flexibility index (Phi) is 2.78. The van der Waals surface area contributed by atoms with Crippen molar-refractivity contribution in [2.24, 2.45) is 35.5 Å². The smallest absolute Gasteiger partial charge is 0.270 e. The molecule has 3 fully saturated rings. The summed E-state index contributed by atoms with van der Waals surface area (Å²) < 4.78 is 0. The van der Waals surface area contributed by atoms with Crippen molar-refractivity contribution in [3.05, 3.63) is 47.0 Å². The van der Waals surface area contributed by atoms with Crippen molar-refractivity contribution in [1.82, 2.24) is 10.4 Å². The zero-order chi connectivity index (χ0) is 16.6. The fraction of sp³-hybridized carbons (Fsp3) is 0.389. The lowest BCUT2D eigenvalue weighted by Gasteiger charge is -2.37. The highest BCUT2D eigenvalue weighted by atomic mass is 35.5. The standard InChI is InChI=1S/C18H15ClN2O3/c19-9-3-1-2-8(6-9)16(22)20-21-17(23)14-10-4-5-11(13-7-12(10)13)15(14)18(21)24/h1-6,10-15H,7H2,(H,20,22)/t10?,11?,12?,13?,14-,15+. The molecule has 1 saturated heterocycles. The van der Waals surface area contributed by atoms with Crippen LogP contribution < -0.4 is 5.43 Å². The second-order valence-corrected chi connectivity index (χ2v) is 7.55. The van der Waals surface area contributed by atoms with Crippen LogP contribution in [0, 0.1) is 35.5 Å². The lowest BCUT2D eigenvalue weighted by Crippen LogP contribution is -2.46. The maximum absolute atomic E-state index is 12.8. The quantitative estimate of drug-likeness (QED) is 0.660. The Hall–Kier alpha value is -2.14. The number of carbonyl (C=O) groups is 3. The highest BCUT2D eigenvalue weighted by Gasteiger charge is 2.67. The van der Waals surface area contributed by atoms with Crippen LogP contribution in [-0.4, -0.2) is 22.7 Å². The normalized spacial score (nSPS) is 38.1. The molecule has 1 aromatic rings. The van der Waals surface area contributed by atoms with E-state index in [0.29, 0.717) is 22.4 Å². The second kappa shape index (κ2) is 4.70. The van der Waals surface area contributed by atoms with Gasteiger partial charge in [-0.05, 0) is 48.3 Å². The van der Waals surface area contributed by atoms with Gasteiger partial charge in [-0.2, -0.15) is 5.01 Å². The molecule has 4 unspecified atom stereocenters. The molecule has 0 aromatic heterocycles. The summed E-state index contributed by atoms with van der Waals surface area (Å²) in [4.78, 5) is 37.9.